The Morgan fingerprint density at radius 3 is 2.56 bits per heavy atom. The van der Waals surface area contributed by atoms with Crippen LogP contribution in [0.25, 0.3) is 0 Å². The molecule has 1 saturated carbocycles. The third kappa shape index (κ3) is 5.32. The first kappa shape index (κ1) is 24.2. The topological polar surface area (TPSA) is 129 Å². The van der Waals surface area contributed by atoms with Crippen molar-refractivity contribution >= 4 is 45.9 Å². The van der Waals surface area contributed by atoms with Crippen LogP contribution in [0.15, 0.2) is 5.16 Å². The molecule has 0 aromatic carbocycles. The van der Waals surface area contributed by atoms with Gasteiger partial charge in [-0.3, -0.25) is 9.59 Å². The number of nitrogens with two attached hydrogens (primary N) is 1. The highest BCUT2D eigenvalue weighted by Gasteiger charge is 2.26. The van der Waals surface area contributed by atoms with Crippen molar-refractivity contribution in [2.45, 2.75) is 70.5 Å². The zero-order valence-corrected chi connectivity index (χ0v) is 20.2. The first-order valence-corrected chi connectivity index (χ1v) is 12.6. The van der Waals surface area contributed by atoms with Crippen molar-refractivity contribution in [1.82, 2.24) is 14.8 Å². The van der Waals surface area contributed by atoms with E-state index in [1.54, 1.807) is 13.8 Å². The minimum absolute atomic E-state index is 0.0912. The Balaban J connectivity index is 1.71. The molecule has 0 saturated heterocycles. The standard InChI is InChI=1S/C21H29N5O4S2/c1-4-26-18(13-9-7-6-8-10-13)24-25-21(26)31-11-14(27)23-19-15(20(29)30-5-2)12(3)16(32-19)17(22)28/h13H,4-11H2,1-3H3,(H2,22,28)(H,23,27). The van der Waals surface area contributed by atoms with Crippen LogP contribution in [-0.4, -0.2) is 44.9 Å². The van der Waals surface area contributed by atoms with Crippen molar-refractivity contribution in [3.8, 4) is 0 Å². The number of hydrogen-bond donors (Lipinski definition) is 2. The van der Waals surface area contributed by atoms with Crippen LogP contribution in [0.4, 0.5) is 5.00 Å². The molecule has 0 bridgehead atoms. The highest BCUT2D eigenvalue weighted by atomic mass is 32.2. The number of primary amides is 1. The molecule has 1 aliphatic rings. The van der Waals surface area contributed by atoms with Gasteiger partial charge in [0.05, 0.1) is 22.8 Å². The third-order valence-electron chi connectivity index (χ3n) is 5.47. The predicted octanol–water partition coefficient (Wildman–Crippen LogP) is 3.72. The van der Waals surface area contributed by atoms with E-state index in [9.17, 15) is 14.4 Å². The number of carbonyl (C=O) groups excluding carboxylic acids is 3. The van der Waals surface area contributed by atoms with Crippen LogP contribution in [0, 0.1) is 6.92 Å². The van der Waals surface area contributed by atoms with Crippen LogP contribution in [0.3, 0.4) is 0 Å². The van der Waals surface area contributed by atoms with Gasteiger partial charge in [-0.25, -0.2) is 4.79 Å². The lowest BCUT2D eigenvalue weighted by molar-refractivity contribution is -0.113. The van der Waals surface area contributed by atoms with Gasteiger partial charge in [-0.15, -0.1) is 21.5 Å². The fraction of sp³-hybridized carbons (Fsp3) is 0.571. The monoisotopic (exact) mass is 479 g/mol. The average molecular weight is 480 g/mol. The molecule has 2 aromatic heterocycles. The molecule has 3 rings (SSSR count). The molecule has 1 aliphatic carbocycles. The molecule has 32 heavy (non-hydrogen) atoms. The van der Waals surface area contributed by atoms with Crippen molar-refractivity contribution in [3.63, 3.8) is 0 Å². The summed E-state index contributed by atoms with van der Waals surface area (Å²) in [5.74, 6) is -0.0533. The summed E-state index contributed by atoms with van der Waals surface area (Å²) in [6.07, 6.45) is 5.94. The Labute approximate surface area is 195 Å². The first-order chi connectivity index (χ1) is 15.4. The van der Waals surface area contributed by atoms with E-state index in [1.165, 1.54) is 31.0 Å². The van der Waals surface area contributed by atoms with Crippen LogP contribution >= 0.6 is 23.1 Å². The quantitative estimate of drug-likeness (QED) is 0.414. The fourth-order valence-electron chi connectivity index (χ4n) is 3.95. The summed E-state index contributed by atoms with van der Waals surface area (Å²) in [7, 11) is 0. The highest BCUT2D eigenvalue weighted by molar-refractivity contribution is 7.99. The van der Waals surface area contributed by atoms with Crippen molar-refractivity contribution < 1.29 is 19.1 Å². The lowest BCUT2D eigenvalue weighted by Crippen LogP contribution is -2.17. The second-order valence-corrected chi connectivity index (χ2v) is 9.56. The van der Waals surface area contributed by atoms with Crippen LogP contribution < -0.4 is 11.1 Å². The van der Waals surface area contributed by atoms with Crippen molar-refractivity contribution in [2.75, 3.05) is 17.7 Å². The van der Waals surface area contributed by atoms with E-state index in [2.05, 4.69) is 20.1 Å². The molecule has 0 aliphatic heterocycles. The molecule has 0 atom stereocenters. The second kappa shape index (κ2) is 11.0. The van der Waals surface area contributed by atoms with E-state index in [1.807, 2.05) is 6.92 Å². The molecular weight excluding hydrogens is 450 g/mol. The largest absolute Gasteiger partial charge is 0.462 e. The molecule has 2 aromatic rings. The molecule has 0 radical (unpaired) electrons. The number of anilines is 1. The van der Waals surface area contributed by atoms with Crippen LogP contribution in [0.5, 0.6) is 0 Å². The molecular formula is C21H29N5O4S2. The van der Waals surface area contributed by atoms with Gasteiger partial charge in [0.1, 0.15) is 10.8 Å². The zero-order valence-electron chi connectivity index (χ0n) is 18.6. The predicted molar refractivity (Wildman–Crippen MR) is 124 cm³/mol. The number of nitrogens with one attached hydrogen (secondary N) is 1. The minimum Gasteiger partial charge on any atom is -0.462 e. The van der Waals surface area contributed by atoms with Crippen molar-refractivity contribution in [3.05, 3.63) is 21.8 Å². The number of amides is 2. The van der Waals surface area contributed by atoms with E-state index in [-0.39, 0.29) is 33.7 Å². The van der Waals surface area contributed by atoms with E-state index in [4.69, 9.17) is 10.5 Å². The molecule has 11 heteroatoms. The summed E-state index contributed by atoms with van der Waals surface area (Å²) >= 11 is 2.28. The summed E-state index contributed by atoms with van der Waals surface area (Å²) in [6, 6.07) is 0. The number of nitrogens with zero attached hydrogens (tertiary/aromatic N) is 3. The third-order valence-corrected chi connectivity index (χ3v) is 7.66. The van der Waals surface area contributed by atoms with Gasteiger partial charge < -0.3 is 20.4 Å². The summed E-state index contributed by atoms with van der Waals surface area (Å²) in [6.45, 7) is 6.27. The van der Waals surface area contributed by atoms with Crippen LogP contribution in [-0.2, 0) is 16.1 Å². The SMILES string of the molecule is CCOC(=O)c1c(NC(=O)CSc2nnc(C3CCCCC3)n2CC)sc(C(N)=O)c1C. The van der Waals surface area contributed by atoms with Crippen molar-refractivity contribution in [1.29, 1.82) is 0 Å². The minimum atomic E-state index is -0.654. The smallest absolute Gasteiger partial charge is 0.341 e. The summed E-state index contributed by atoms with van der Waals surface area (Å²) in [4.78, 5) is 37.0. The second-order valence-electron chi connectivity index (χ2n) is 7.60. The van der Waals surface area contributed by atoms with Gasteiger partial charge in [0.15, 0.2) is 5.16 Å². The van der Waals surface area contributed by atoms with Gasteiger partial charge in [0.25, 0.3) is 5.91 Å². The van der Waals surface area contributed by atoms with Gasteiger partial charge >= 0.3 is 5.97 Å². The first-order valence-electron chi connectivity index (χ1n) is 10.8. The normalized spacial score (nSPS) is 14.3. The molecule has 0 unspecified atom stereocenters. The maximum absolute atomic E-state index is 12.7. The van der Waals surface area contributed by atoms with Crippen LogP contribution in [0.1, 0.15) is 83.3 Å². The molecule has 9 nitrogen and oxygen atoms in total. The Morgan fingerprint density at radius 2 is 1.94 bits per heavy atom. The maximum atomic E-state index is 12.7. The van der Waals surface area contributed by atoms with Gasteiger partial charge in [0, 0.05) is 12.5 Å². The Bertz CT molecular complexity index is 995. The number of rotatable bonds is 9. The van der Waals surface area contributed by atoms with Gasteiger partial charge in [-0.2, -0.15) is 0 Å². The van der Waals surface area contributed by atoms with E-state index >= 15 is 0 Å². The lowest BCUT2D eigenvalue weighted by atomic mass is 9.89. The summed E-state index contributed by atoms with van der Waals surface area (Å²) in [5.41, 5.74) is 5.99. The Hall–Kier alpha value is -2.40. The number of carbonyl (C=O) groups is 3. The Morgan fingerprint density at radius 1 is 1.22 bits per heavy atom. The number of thiophene rings is 1. The maximum Gasteiger partial charge on any atom is 0.341 e. The zero-order chi connectivity index (χ0) is 23.3. The molecule has 2 heterocycles. The highest BCUT2D eigenvalue weighted by Crippen LogP contribution is 2.35. The molecule has 2 amide bonds. The van der Waals surface area contributed by atoms with Gasteiger partial charge in [0.2, 0.25) is 5.91 Å². The fourth-order valence-corrected chi connectivity index (χ4v) is 5.82. The molecule has 1 fully saturated rings. The molecule has 3 N–H and O–H groups in total. The van der Waals surface area contributed by atoms with E-state index in [0.717, 1.165) is 36.5 Å². The molecule has 0 spiro atoms. The van der Waals surface area contributed by atoms with Gasteiger partial charge in [-0.05, 0) is 39.2 Å². The number of esters is 1. The van der Waals surface area contributed by atoms with Crippen LogP contribution in [0.2, 0.25) is 0 Å². The summed E-state index contributed by atoms with van der Waals surface area (Å²) < 4.78 is 7.16. The number of ether oxygens (including phenoxy) is 1. The number of hydrogen-bond acceptors (Lipinski definition) is 8. The average Bonchev–Trinajstić information content (AvgIpc) is 3.33. The molecule has 174 valence electrons. The lowest BCUT2D eigenvalue weighted by Gasteiger charge is -2.21. The van der Waals surface area contributed by atoms with Crippen molar-refractivity contribution in [2.24, 2.45) is 5.73 Å². The van der Waals surface area contributed by atoms with Gasteiger partial charge in [-0.1, -0.05) is 31.0 Å². The van der Waals surface area contributed by atoms with E-state index < -0.39 is 11.9 Å². The number of thioether (sulfide) groups is 1. The summed E-state index contributed by atoms with van der Waals surface area (Å²) in [5, 5.41) is 12.4. The number of aromatic nitrogens is 3. The Kier molecular flexibility index (Phi) is 8.30. The van der Waals surface area contributed by atoms with E-state index in [0.29, 0.717) is 16.6 Å².